The SMILES string of the molecule is NC1CCC(NC(=O)c2ccc(N3CCCN(C(=O)c4cccc(Cl)c4)CC3)c(NC(=O)OCc3ccccc3)c2)CC1. The van der Waals surface area contributed by atoms with Crippen LogP contribution in [0.2, 0.25) is 5.02 Å². The Balaban J connectivity index is 1.31. The Hall–Kier alpha value is -4.08. The first-order valence-electron chi connectivity index (χ1n) is 14.8. The fourth-order valence-electron chi connectivity index (χ4n) is 5.62. The molecule has 226 valence electrons. The molecule has 0 atom stereocenters. The van der Waals surface area contributed by atoms with Gasteiger partial charge >= 0.3 is 6.09 Å². The van der Waals surface area contributed by atoms with Crippen LogP contribution in [0.1, 0.15) is 58.4 Å². The summed E-state index contributed by atoms with van der Waals surface area (Å²) in [6.07, 6.45) is 3.58. The molecule has 3 aromatic carbocycles. The number of benzene rings is 3. The van der Waals surface area contributed by atoms with E-state index in [1.807, 2.05) is 41.3 Å². The van der Waals surface area contributed by atoms with Crippen LogP contribution in [-0.4, -0.2) is 61.1 Å². The Morgan fingerprint density at radius 1 is 0.860 bits per heavy atom. The third kappa shape index (κ3) is 8.27. The summed E-state index contributed by atoms with van der Waals surface area (Å²) in [5.74, 6) is -0.259. The van der Waals surface area contributed by atoms with Gasteiger partial charge in [-0.15, -0.1) is 0 Å². The summed E-state index contributed by atoms with van der Waals surface area (Å²) < 4.78 is 5.49. The monoisotopic (exact) mass is 603 g/mol. The smallest absolute Gasteiger partial charge is 0.412 e. The van der Waals surface area contributed by atoms with E-state index in [1.165, 1.54) is 0 Å². The number of nitrogens with two attached hydrogens (primary N) is 1. The summed E-state index contributed by atoms with van der Waals surface area (Å²) in [6.45, 7) is 2.43. The molecule has 2 fully saturated rings. The summed E-state index contributed by atoms with van der Waals surface area (Å²) in [6, 6.07) is 22.0. The third-order valence-corrected chi connectivity index (χ3v) is 8.25. The van der Waals surface area contributed by atoms with Crippen molar-refractivity contribution in [2.45, 2.75) is 50.8 Å². The van der Waals surface area contributed by atoms with Gasteiger partial charge in [-0.2, -0.15) is 0 Å². The van der Waals surface area contributed by atoms with Crippen LogP contribution in [0.5, 0.6) is 0 Å². The van der Waals surface area contributed by atoms with E-state index < -0.39 is 6.09 Å². The molecule has 1 saturated heterocycles. The molecule has 3 amide bonds. The van der Waals surface area contributed by atoms with E-state index in [9.17, 15) is 14.4 Å². The molecule has 1 aliphatic carbocycles. The number of ether oxygens (including phenoxy) is 1. The minimum Gasteiger partial charge on any atom is -0.444 e. The van der Waals surface area contributed by atoms with E-state index in [-0.39, 0.29) is 30.5 Å². The van der Waals surface area contributed by atoms with E-state index >= 15 is 0 Å². The Bertz CT molecular complexity index is 1430. The molecule has 0 radical (unpaired) electrons. The molecule has 1 heterocycles. The summed E-state index contributed by atoms with van der Waals surface area (Å²) >= 11 is 6.12. The molecule has 43 heavy (non-hydrogen) atoms. The largest absolute Gasteiger partial charge is 0.444 e. The number of amides is 3. The van der Waals surface area contributed by atoms with Crippen molar-refractivity contribution in [3.8, 4) is 0 Å². The Labute approximate surface area is 257 Å². The summed E-state index contributed by atoms with van der Waals surface area (Å²) in [5, 5.41) is 6.52. The maximum Gasteiger partial charge on any atom is 0.412 e. The number of nitrogens with one attached hydrogen (secondary N) is 2. The fraction of sp³-hybridized carbons (Fsp3) is 0.364. The van der Waals surface area contributed by atoms with Gasteiger partial charge in [0.25, 0.3) is 11.8 Å². The van der Waals surface area contributed by atoms with Crippen LogP contribution in [-0.2, 0) is 11.3 Å². The molecule has 3 aromatic rings. The van der Waals surface area contributed by atoms with Crippen molar-refractivity contribution in [3.63, 3.8) is 0 Å². The lowest BCUT2D eigenvalue weighted by atomic mass is 9.91. The number of rotatable bonds is 7. The molecule has 9 nitrogen and oxygen atoms in total. The van der Waals surface area contributed by atoms with Crippen molar-refractivity contribution in [2.75, 3.05) is 36.4 Å². The second-order valence-corrected chi connectivity index (χ2v) is 11.6. The zero-order valence-corrected chi connectivity index (χ0v) is 24.9. The van der Waals surface area contributed by atoms with Crippen LogP contribution in [0, 0.1) is 0 Å². The highest BCUT2D eigenvalue weighted by Crippen LogP contribution is 2.29. The molecule has 0 bridgehead atoms. The first-order chi connectivity index (χ1) is 20.9. The lowest BCUT2D eigenvalue weighted by molar-refractivity contribution is 0.0766. The molecule has 1 saturated carbocycles. The topological polar surface area (TPSA) is 117 Å². The maximum absolute atomic E-state index is 13.2. The highest BCUT2D eigenvalue weighted by molar-refractivity contribution is 6.31. The average Bonchev–Trinajstić information content (AvgIpc) is 3.27. The van der Waals surface area contributed by atoms with Gasteiger partial charge in [0.05, 0.1) is 11.4 Å². The summed E-state index contributed by atoms with van der Waals surface area (Å²) in [4.78, 5) is 43.2. The van der Waals surface area contributed by atoms with Crippen LogP contribution in [0.15, 0.2) is 72.8 Å². The molecule has 1 aliphatic heterocycles. The van der Waals surface area contributed by atoms with Crippen LogP contribution < -0.4 is 21.3 Å². The Morgan fingerprint density at radius 3 is 2.42 bits per heavy atom. The predicted octanol–water partition coefficient (Wildman–Crippen LogP) is 5.44. The standard InChI is InChI=1S/C33H38ClN5O4/c34-26-9-4-8-25(20-26)32(41)39-17-5-16-38(18-19-39)30-15-10-24(31(40)36-28-13-11-27(35)12-14-28)21-29(30)37-33(42)43-22-23-6-2-1-3-7-23/h1-4,6-10,15,20-21,27-28H,5,11-14,16-19,22,35H2,(H,36,40)(H,37,42). The van der Waals surface area contributed by atoms with Gasteiger partial charge in [-0.1, -0.05) is 48.0 Å². The van der Waals surface area contributed by atoms with Gasteiger partial charge in [-0.25, -0.2) is 4.79 Å². The van der Waals surface area contributed by atoms with Crippen LogP contribution in [0.4, 0.5) is 16.2 Å². The van der Waals surface area contributed by atoms with Crippen molar-refractivity contribution in [3.05, 3.63) is 94.5 Å². The first-order valence-corrected chi connectivity index (χ1v) is 15.2. The normalized spacial score (nSPS) is 18.8. The molecule has 2 aliphatic rings. The minimum absolute atomic E-state index is 0.0668. The van der Waals surface area contributed by atoms with E-state index in [4.69, 9.17) is 22.1 Å². The van der Waals surface area contributed by atoms with Gasteiger partial charge in [0.15, 0.2) is 0 Å². The lowest BCUT2D eigenvalue weighted by Gasteiger charge is -2.28. The number of carbonyl (C=O) groups is 3. The third-order valence-electron chi connectivity index (χ3n) is 8.01. The van der Waals surface area contributed by atoms with Crippen LogP contribution >= 0.6 is 11.6 Å². The molecule has 5 rings (SSSR count). The zero-order valence-electron chi connectivity index (χ0n) is 24.1. The Kier molecular flexibility index (Phi) is 10.2. The van der Waals surface area contributed by atoms with Gasteiger partial charge < -0.3 is 25.6 Å². The molecular formula is C33H38ClN5O4. The molecular weight excluding hydrogens is 566 g/mol. The molecule has 0 spiro atoms. The van der Waals surface area contributed by atoms with Crippen LogP contribution in [0.3, 0.4) is 0 Å². The highest BCUT2D eigenvalue weighted by Gasteiger charge is 2.25. The quantitative estimate of drug-likeness (QED) is 0.331. The number of hydrogen-bond donors (Lipinski definition) is 3. The van der Waals surface area contributed by atoms with E-state index in [0.717, 1.165) is 43.4 Å². The summed E-state index contributed by atoms with van der Waals surface area (Å²) in [7, 11) is 0. The molecule has 0 aromatic heterocycles. The molecule has 4 N–H and O–H groups in total. The predicted molar refractivity (Wildman–Crippen MR) is 169 cm³/mol. The number of nitrogens with zero attached hydrogens (tertiary/aromatic N) is 2. The van der Waals surface area contributed by atoms with Gasteiger partial charge in [0.1, 0.15) is 6.61 Å². The van der Waals surface area contributed by atoms with Gasteiger partial charge in [0, 0.05) is 54.4 Å². The number of carbonyl (C=O) groups excluding carboxylic acids is 3. The minimum atomic E-state index is -0.614. The maximum atomic E-state index is 13.2. The van der Waals surface area contributed by atoms with Gasteiger partial charge in [0.2, 0.25) is 0 Å². The van der Waals surface area contributed by atoms with E-state index in [2.05, 4.69) is 15.5 Å². The fourth-order valence-corrected chi connectivity index (χ4v) is 5.81. The average molecular weight is 604 g/mol. The van der Waals surface area contributed by atoms with Gasteiger partial charge in [-0.05, 0) is 74.1 Å². The molecule has 0 unspecified atom stereocenters. The second-order valence-electron chi connectivity index (χ2n) is 11.1. The van der Waals surface area contributed by atoms with Gasteiger partial charge in [-0.3, -0.25) is 14.9 Å². The molecule has 10 heteroatoms. The number of anilines is 2. The summed E-state index contributed by atoms with van der Waals surface area (Å²) in [5.41, 5.74) is 9.14. The van der Waals surface area contributed by atoms with Crippen molar-refractivity contribution in [2.24, 2.45) is 5.73 Å². The first kappa shape index (κ1) is 30.4. The zero-order chi connectivity index (χ0) is 30.2. The lowest BCUT2D eigenvalue weighted by Crippen LogP contribution is -2.40. The number of hydrogen-bond acceptors (Lipinski definition) is 6. The Morgan fingerprint density at radius 2 is 1.65 bits per heavy atom. The van der Waals surface area contributed by atoms with Crippen LogP contribution in [0.25, 0.3) is 0 Å². The number of halogens is 1. The van der Waals surface area contributed by atoms with Crippen molar-refractivity contribution in [1.29, 1.82) is 0 Å². The van der Waals surface area contributed by atoms with E-state index in [0.29, 0.717) is 48.0 Å². The van der Waals surface area contributed by atoms with Crippen molar-refractivity contribution in [1.82, 2.24) is 10.2 Å². The van der Waals surface area contributed by atoms with E-state index in [1.54, 1.807) is 36.4 Å². The highest BCUT2D eigenvalue weighted by atomic mass is 35.5. The second kappa shape index (κ2) is 14.4. The van der Waals surface area contributed by atoms with Crippen molar-refractivity contribution < 1.29 is 19.1 Å². The van der Waals surface area contributed by atoms with Crippen molar-refractivity contribution >= 4 is 40.9 Å².